The Balaban J connectivity index is 2.62. The molecule has 0 spiro atoms. The van der Waals surface area contributed by atoms with Gasteiger partial charge in [0.1, 0.15) is 0 Å². The van der Waals surface area contributed by atoms with Gasteiger partial charge in [0.15, 0.2) is 0 Å². The summed E-state index contributed by atoms with van der Waals surface area (Å²) in [7, 11) is 0. The summed E-state index contributed by atoms with van der Waals surface area (Å²) < 4.78 is 0. The number of hydrogen-bond acceptors (Lipinski definition) is 1. The fraction of sp³-hybridized carbons (Fsp3) is 0.900. The first-order valence-electron chi connectivity index (χ1n) is 4.61. The second-order valence-corrected chi connectivity index (χ2v) is 4.33. The topological polar surface area (TPSA) is 23.9 Å². The van der Waals surface area contributed by atoms with E-state index in [1.807, 2.05) is 6.92 Å². The molecular weight excluding hydrogens is 134 g/mol. The molecule has 1 rings (SSSR count). The predicted molar refractivity (Wildman–Crippen MR) is 49.1 cm³/mol. The molecule has 0 bridgehead atoms. The molecule has 1 nitrogen and oxygen atoms in total. The first-order valence-corrected chi connectivity index (χ1v) is 4.61. The van der Waals surface area contributed by atoms with Crippen LogP contribution in [0.15, 0.2) is 0 Å². The Kier molecular flexibility index (Phi) is 2.36. The van der Waals surface area contributed by atoms with Gasteiger partial charge in [0, 0.05) is 11.1 Å². The lowest BCUT2D eigenvalue weighted by molar-refractivity contribution is 0.315. The Hall–Kier alpha value is -0.330. The van der Waals surface area contributed by atoms with E-state index < -0.39 is 0 Å². The van der Waals surface area contributed by atoms with Gasteiger partial charge in [0.2, 0.25) is 0 Å². The maximum atomic E-state index is 7.66. The Labute approximate surface area is 69.7 Å². The zero-order valence-corrected chi connectivity index (χ0v) is 7.91. The molecule has 1 heteroatoms. The molecule has 0 aliphatic heterocycles. The van der Waals surface area contributed by atoms with Crippen molar-refractivity contribution in [1.82, 2.24) is 0 Å². The van der Waals surface area contributed by atoms with Gasteiger partial charge in [-0.3, -0.25) is 0 Å². The zero-order valence-electron chi connectivity index (χ0n) is 7.91. The summed E-state index contributed by atoms with van der Waals surface area (Å²) in [6.45, 7) is 6.37. The average molecular weight is 153 g/mol. The summed E-state index contributed by atoms with van der Waals surface area (Å²) in [6.07, 6.45) is 5.43. The van der Waals surface area contributed by atoms with E-state index in [1.54, 1.807) is 0 Å². The lowest BCUT2D eigenvalue weighted by atomic mass is 9.74. The predicted octanol–water partition coefficient (Wildman–Crippen LogP) is 3.24. The highest BCUT2D eigenvalue weighted by Gasteiger charge is 2.33. The van der Waals surface area contributed by atoms with Crippen molar-refractivity contribution >= 4 is 5.71 Å². The fourth-order valence-corrected chi connectivity index (χ4v) is 1.95. The van der Waals surface area contributed by atoms with Gasteiger partial charge < -0.3 is 5.41 Å². The van der Waals surface area contributed by atoms with Crippen LogP contribution in [0.25, 0.3) is 0 Å². The normalized spacial score (nSPS) is 20.6. The van der Waals surface area contributed by atoms with Crippen molar-refractivity contribution < 1.29 is 0 Å². The van der Waals surface area contributed by atoms with Gasteiger partial charge >= 0.3 is 0 Å². The highest BCUT2D eigenvalue weighted by atomic mass is 14.5. The third kappa shape index (κ3) is 1.63. The van der Waals surface area contributed by atoms with Gasteiger partial charge in [-0.25, -0.2) is 0 Å². The molecule has 0 heterocycles. The largest absolute Gasteiger partial charge is 0.309 e. The maximum absolute atomic E-state index is 7.66. The van der Waals surface area contributed by atoms with Crippen molar-refractivity contribution in [3.05, 3.63) is 0 Å². The van der Waals surface area contributed by atoms with E-state index in [1.165, 1.54) is 25.7 Å². The number of rotatable bonds is 2. The Morgan fingerprint density at radius 2 is 1.73 bits per heavy atom. The van der Waals surface area contributed by atoms with Crippen LogP contribution in [-0.2, 0) is 0 Å². The summed E-state index contributed by atoms with van der Waals surface area (Å²) in [4.78, 5) is 0. The average Bonchev–Trinajstić information content (AvgIpc) is 2.37. The third-order valence-corrected chi connectivity index (χ3v) is 3.34. The van der Waals surface area contributed by atoms with E-state index in [9.17, 15) is 0 Å². The van der Waals surface area contributed by atoms with E-state index in [0.717, 1.165) is 11.6 Å². The summed E-state index contributed by atoms with van der Waals surface area (Å²) in [5, 5.41) is 7.66. The minimum Gasteiger partial charge on any atom is -0.309 e. The maximum Gasteiger partial charge on any atom is 0.0117 e. The van der Waals surface area contributed by atoms with Gasteiger partial charge in [0.05, 0.1) is 0 Å². The van der Waals surface area contributed by atoms with Crippen LogP contribution in [0.3, 0.4) is 0 Å². The second kappa shape index (κ2) is 2.96. The summed E-state index contributed by atoms with van der Waals surface area (Å²) >= 11 is 0. The van der Waals surface area contributed by atoms with Crippen molar-refractivity contribution in [3.63, 3.8) is 0 Å². The molecule has 0 unspecified atom stereocenters. The molecule has 1 aliphatic carbocycles. The van der Waals surface area contributed by atoms with E-state index in [2.05, 4.69) is 13.8 Å². The SMILES string of the molecule is CC(=N)C(C)(C)C1CCCC1. The number of nitrogens with one attached hydrogen (secondary N) is 1. The quantitative estimate of drug-likeness (QED) is 0.589. The molecule has 0 atom stereocenters. The third-order valence-electron chi connectivity index (χ3n) is 3.34. The van der Waals surface area contributed by atoms with E-state index >= 15 is 0 Å². The standard InChI is InChI=1S/C10H19N/c1-8(11)10(2,3)9-6-4-5-7-9/h9,11H,4-7H2,1-3H3. The van der Waals surface area contributed by atoms with Crippen LogP contribution in [0.1, 0.15) is 46.5 Å². The van der Waals surface area contributed by atoms with Crippen LogP contribution in [0.4, 0.5) is 0 Å². The highest BCUT2D eigenvalue weighted by Crippen LogP contribution is 2.39. The van der Waals surface area contributed by atoms with Gasteiger partial charge in [0.25, 0.3) is 0 Å². The molecule has 1 aliphatic rings. The van der Waals surface area contributed by atoms with Gasteiger partial charge in [-0.2, -0.15) is 0 Å². The minimum atomic E-state index is 0.163. The molecule has 0 aromatic rings. The second-order valence-electron chi connectivity index (χ2n) is 4.33. The molecule has 0 radical (unpaired) electrons. The lowest BCUT2D eigenvalue weighted by Gasteiger charge is -2.30. The first kappa shape index (κ1) is 8.76. The summed E-state index contributed by atoms with van der Waals surface area (Å²) in [5.41, 5.74) is 1.01. The van der Waals surface area contributed by atoms with Crippen molar-refractivity contribution in [2.75, 3.05) is 0 Å². The summed E-state index contributed by atoms with van der Waals surface area (Å²) in [6, 6.07) is 0. The molecule has 0 amide bonds. The van der Waals surface area contributed by atoms with Crippen LogP contribution in [0.5, 0.6) is 0 Å². The van der Waals surface area contributed by atoms with Crippen molar-refractivity contribution in [1.29, 1.82) is 5.41 Å². The molecule has 0 aromatic carbocycles. The monoisotopic (exact) mass is 153 g/mol. The molecule has 11 heavy (non-hydrogen) atoms. The molecule has 1 fully saturated rings. The Bertz CT molecular complexity index is 152. The van der Waals surface area contributed by atoms with Gasteiger partial charge in [-0.1, -0.05) is 26.7 Å². The van der Waals surface area contributed by atoms with E-state index in [0.29, 0.717) is 0 Å². The molecule has 0 saturated heterocycles. The lowest BCUT2D eigenvalue weighted by Crippen LogP contribution is -2.28. The van der Waals surface area contributed by atoms with Crippen LogP contribution < -0.4 is 0 Å². The molecule has 1 N–H and O–H groups in total. The van der Waals surface area contributed by atoms with Crippen LogP contribution in [0, 0.1) is 16.7 Å². The van der Waals surface area contributed by atoms with Crippen LogP contribution in [-0.4, -0.2) is 5.71 Å². The van der Waals surface area contributed by atoms with Crippen molar-refractivity contribution in [3.8, 4) is 0 Å². The first-order chi connectivity index (χ1) is 5.05. The van der Waals surface area contributed by atoms with Crippen molar-refractivity contribution in [2.45, 2.75) is 46.5 Å². The number of hydrogen-bond donors (Lipinski definition) is 1. The molecule has 64 valence electrons. The fourth-order valence-electron chi connectivity index (χ4n) is 1.95. The smallest absolute Gasteiger partial charge is 0.0117 e. The Morgan fingerprint density at radius 1 is 1.27 bits per heavy atom. The van der Waals surface area contributed by atoms with Gasteiger partial charge in [-0.15, -0.1) is 0 Å². The molecular formula is C10H19N. The Morgan fingerprint density at radius 3 is 2.09 bits per heavy atom. The van der Waals surface area contributed by atoms with Crippen LogP contribution in [0.2, 0.25) is 0 Å². The summed E-state index contributed by atoms with van der Waals surface area (Å²) in [5.74, 6) is 0.778. The van der Waals surface area contributed by atoms with Crippen molar-refractivity contribution in [2.24, 2.45) is 11.3 Å². The van der Waals surface area contributed by atoms with E-state index in [-0.39, 0.29) is 5.41 Å². The zero-order chi connectivity index (χ0) is 8.48. The van der Waals surface area contributed by atoms with Gasteiger partial charge in [-0.05, 0) is 25.7 Å². The minimum absolute atomic E-state index is 0.163. The molecule has 0 aromatic heterocycles. The van der Waals surface area contributed by atoms with E-state index in [4.69, 9.17) is 5.41 Å². The molecule has 1 saturated carbocycles. The van der Waals surface area contributed by atoms with Crippen LogP contribution >= 0.6 is 0 Å². The highest BCUT2D eigenvalue weighted by molar-refractivity contribution is 5.84.